The lowest BCUT2D eigenvalue weighted by Crippen LogP contribution is -2.60. The molecule has 1 atom stereocenters. The third kappa shape index (κ3) is 3.40. The van der Waals surface area contributed by atoms with Crippen molar-refractivity contribution in [1.29, 1.82) is 26.3 Å². The van der Waals surface area contributed by atoms with Gasteiger partial charge in [0.25, 0.3) is 0 Å². The SMILES string of the molecule is N#C/C(=C\c1ccccc1)C(=O)OCCOC1CC(C#N)(C#N)C1(C#N)C#N. The summed E-state index contributed by atoms with van der Waals surface area (Å²) >= 11 is 0. The molecule has 0 spiro atoms. The van der Waals surface area contributed by atoms with E-state index in [-0.39, 0.29) is 25.2 Å². The van der Waals surface area contributed by atoms with Gasteiger partial charge in [0.2, 0.25) is 5.41 Å². The summed E-state index contributed by atoms with van der Waals surface area (Å²) in [5.41, 5.74) is -3.17. The summed E-state index contributed by atoms with van der Waals surface area (Å²) in [6.45, 7) is -0.374. The van der Waals surface area contributed by atoms with Crippen LogP contribution in [-0.2, 0) is 14.3 Å². The molecule has 8 nitrogen and oxygen atoms in total. The van der Waals surface area contributed by atoms with Gasteiger partial charge in [-0.15, -0.1) is 0 Å². The van der Waals surface area contributed by atoms with Crippen molar-refractivity contribution in [3.05, 3.63) is 41.5 Å². The molecule has 1 saturated carbocycles. The fourth-order valence-corrected chi connectivity index (χ4v) is 2.83. The Morgan fingerprint density at radius 1 is 1.04 bits per heavy atom. The normalized spacial score (nSPS) is 18.7. The van der Waals surface area contributed by atoms with Crippen molar-refractivity contribution in [2.24, 2.45) is 10.8 Å². The van der Waals surface area contributed by atoms with Crippen molar-refractivity contribution >= 4 is 12.0 Å². The molecule has 1 aliphatic carbocycles. The number of nitrogens with zero attached hydrogens (tertiary/aromatic N) is 5. The highest BCUT2D eigenvalue weighted by molar-refractivity contribution is 5.97. The number of carbonyl (C=O) groups is 1. The second kappa shape index (κ2) is 8.48. The standard InChI is InChI=1S/C20H13N5O3/c21-10-16(8-15-4-2-1-3-5-15)18(26)28-7-6-27-17-9-19(11-22,12-23)20(17,13-24)14-25/h1-5,8,17H,6-7,9H2/b16-8+. The van der Waals surface area contributed by atoms with Gasteiger partial charge in [-0.25, -0.2) is 4.79 Å². The van der Waals surface area contributed by atoms with Gasteiger partial charge in [-0.2, -0.15) is 26.3 Å². The molecular weight excluding hydrogens is 358 g/mol. The van der Waals surface area contributed by atoms with Crippen LogP contribution in [0.2, 0.25) is 0 Å². The molecule has 1 aromatic carbocycles. The highest BCUT2D eigenvalue weighted by Gasteiger charge is 2.70. The fourth-order valence-electron chi connectivity index (χ4n) is 2.83. The predicted molar refractivity (Wildman–Crippen MR) is 92.7 cm³/mol. The molecule has 0 N–H and O–H groups in total. The van der Waals surface area contributed by atoms with Crippen molar-refractivity contribution in [3.8, 4) is 30.3 Å². The van der Waals surface area contributed by atoms with E-state index in [2.05, 4.69) is 0 Å². The number of carbonyl (C=O) groups excluding carboxylic acids is 1. The van der Waals surface area contributed by atoms with Crippen molar-refractivity contribution in [2.45, 2.75) is 12.5 Å². The first kappa shape index (κ1) is 20.2. The third-order valence-corrected chi connectivity index (χ3v) is 4.47. The number of rotatable bonds is 6. The van der Waals surface area contributed by atoms with Gasteiger partial charge >= 0.3 is 5.97 Å². The summed E-state index contributed by atoms with van der Waals surface area (Å²) in [7, 11) is 0. The van der Waals surface area contributed by atoms with Crippen LogP contribution in [0.1, 0.15) is 12.0 Å². The van der Waals surface area contributed by atoms with Gasteiger partial charge in [0.15, 0.2) is 5.41 Å². The van der Waals surface area contributed by atoms with E-state index in [1.165, 1.54) is 6.08 Å². The number of esters is 1. The summed E-state index contributed by atoms with van der Waals surface area (Å²) in [5.74, 6) is -0.834. The van der Waals surface area contributed by atoms with E-state index in [1.807, 2.05) is 0 Å². The Balaban J connectivity index is 1.92. The van der Waals surface area contributed by atoms with Crippen LogP contribution < -0.4 is 0 Å². The summed E-state index contributed by atoms with van der Waals surface area (Å²) < 4.78 is 10.4. The predicted octanol–water partition coefficient (Wildman–Crippen LogP) is 1.99. The quantitative estimate of drug-likeness (QED) is 0.318. The highest BCUT2D eigenvalue weighted by atomic mass is 16.6. The average Bonchev–Trinajstić information content (AvgIpc) is 2.72. The molecule has 28 heavy (non-hydrogen) atoms. The first-order valence-electron chi connectivity index (χ1n) is 8.13. The number of hydrogen-bond acceptors (Lipinski definition) is 8. The van der Waals surface area contributed by atoms with E-state index in [4.69, 9.17) is 25.3 Å². The zero-order chi connectivity index (χ0) is 20.6. The van der Waals surface area contributed by atoms with Gasteiger partial charge in [-0.3, -0.25) is 0 Å². The minimum Gasteiger partial charge on any atom is -0.459 e. The van der Waals surface area contributed by atoms with E-state index < -0.39 is 22.9 Å². The minimum absolute atomic E-state index is 0.0909. The highest BCUT2D eigenvalue weighted by Crippen LogP contribution is 2.57. The van der Waals surface area contributed by atoms with E-state index in [0.29, 0.717) is 5.56 Å². The largest absolute Gasteiger partial charge is 0.459 e. The average molecular weight is 371 g/mol. The Morgan fingerprint density at radius 3 is 2.21 bits per heavy atom. The molecule has 1 aliphatic rings. The minimum atomic E-state index is -1.90. The molecule has 2 rings (SSSR count). The second-order valence-corrected chi connectivity index (χ2v) is 5.94. The lowest BCUT2D eigenvalue weighted by molar-refractivity contribution is -0.146. The molecule has 1 fully saturated rings. The van der Waals surface area contributed by atoms with E-state index in [9.17, 15) is 15.3 Å². The van der Waals surface area contributed by atoms with Crippen molar-refractivity contribution in [3.63, 3.8) is 0 Å². The van der Waals surface area contributed by atoms with Crippen LogP contribution in [0.15, 0.2) is 35.9 Å². The molecule has 0 radical (unpaired) electrons. The Bertz CT molecular complexity index is 968. The van der Waals surface area contributed by atoms with Gasteiger partial charge in [0.1, 0.15) is 18.2 Å². The number of ether oxygens (including phenoxy) is 2. The van der Waals surface area contributed by atoms with Gasteiger partial charge in [0, 0.05) is 6.42 Å². The summed E-state index contributed by atoms with van der Waals surface area (Å²) in [5, 5.41) is 46.1. The Labute approximate surface area is 161 Å². The zero-order valence-electron chi connectivity index (χ0n) is 14.6. The molecule has 1 unspecified atom stereocenters. The van der Waals surface area contributed by atoms with Crippen LogP contribution in [0.3, 0.4) is 0 Å². The summed E-state index contributed by atoms with van der Waals surface area (Å²) in [6.07, 6.45) is 0.349. The molecule has 0 aliphatic heterocycles. The van der Waals surface area contributed by atoms with Crippen LogP contribution in [0, 0.1) is 67.5 Å². The molecule has 0 amide bonds. The van der Waals surface area contributed by atoms with Gasteiger partial charge in [-0.05, 0) is 11.6 Å². The first-order valence-corrected chi connectivity index (χ1v) is 8.13. The Morgan fingerprint density at radius 2 is 1.68 bits per heavy atom. The van der Waals surface area contributed by atoms with Crippen LogP contribution in [-0.4, -0.2) is 25.3 Å². The van der Waals surface area contributed by atoms with Crippen molar-refractivity contribution < 1.29 is 14.3 Å². The third-order valence-electron chi connectivity index (χ3n) is 4.47. The Kier molecular flexibility index (Phi) is 6.11. The molecular formula is C20H13N5O3. The molecule has 0 aromatic heterocycles. The summed E-state index contributed by atoms with van der Waals surface area (Å²) in [6, 6.07) is 17.4. The van der Waals surface area contributed by atoms with Crippen LogP contribution in [0.5, 0.6) is 0 Å². The van der Waals surface area contributed by atoms with Crippen molar-refractivity contribution in [1.82, 2.24) is 0 Å². The molecule has 0 saturated heterocycles. The maximum atomic E-state index is 12.0. The number of nitriles is 5. The lowest BCUT2D eigenvalue weighted by Gasteiger charge is -2.47. The molecule has 0 heterocycles. The fraction of sp³-hybridized carbons (Fsp3) is 0.300. The monoisotopic (exact) mass is 371 g/mol. The van der Waals surface area contributed by atoms with E-state index in [1.54, 1.807) is 60.7 Å². The van der Waals surface area contributed by atoms with Crippen LogP contribution in [0.25, 0.3) is 6.08 Å². The smallest absolute Gasteiger partial charge is 0.348 e. The zero-order valence-corrected chi connectivity index (χ0v) is 14.6. The first-order chi connectivity index (χ1) is 13.5. The van der Waals surface area contributed by atoms with Gasteiger partial charge in [-0.1, -0.05) is 30.3 Å². The van der Waals surface area contributed by atoms with Crippen LogP contribution >= 0.6 is 0 Å². The topological polar surface area (TPSA) is 154 Å². The molecule has 0 bridgehead atoms. The van der Waals surface area contributed by atoms with Gasteiger partial charge < -0.3 is 9.47 Å². The van der Waals surface area contributed by atoms with Crippen LogP contribution in [0.4, 0.5) is 0 Å². The Hall–Kier alpha value is -4.16. The summed E-state index contributed by atoms with van der Waals surface area (Å²) in [4.78, 5) is 12.0. The molecule has 136 valence electrons. The maximum Gasteiger partial charge on any atom is 0.348 e. The maximum absolute atomic E-state index is 12.0. The molecule has 1 aromatic rings. The molecule has 8 heteroatoms. The van der Waals surface area contributed by atoms with Gasteiger partial charge in [0.05, 0.1) is 37.0 Å². The lowest BCUT2D eigenvalue weighted by atomic mass is 9.50. The van der Waals surface area contributed by atoms with Crippen molar-refractivity contribution in [2.75, 3.05) is 13.2 Å². The second-order valence-electron chi connectivity index (χ2n) is 5.94. The number of benzene rings is 1. The van der Waals surface area contributed by atoms with E-state index >= 15 is 0 Å². The van der Waals surface area contributed by atoms with E-state index in [0.717, 1.165) is 0 Å². The number of hydrogen-bond donors (Lipinski definition) is 0.